The molecule has 33 heavy (non-hydrogen) atoms. The number of likely N-dealkylation sites (N-methyl/N-ethyl adjacent to an activating group) is 1. The van der Waals surface area contributed by atoms with E-state index in [1.54, 1.807) is 16.6 Å². The number of fused-ring (bicyclic) bond motifs is 1. The van der Waals surface area contributed by atoms with Gasteiger partial charge in [-0.1, -0.05) is 59.9 Å². The number of carbonyl (C=O) groups excluding carboxylic acids is 1. The van der Waals surface area contributed by atoms with Crippen molar-refractivity contribution < 1.29 is 9.53 Å². The van der Waals surface area contributed by atoms with Crippen LogP contribution in [0.15, 0.2) is 75.7 Å². The van der Waals surface area contributed by atoms with Crippen molar-refractivity contribution in [3.8, 4) is 5.75 Å². The third-order valence-electron chi connectivity index (χ3n) is 5.83. The lowest BCUT2D eigenvalue weighted by atomic mass is 9.94. The van der Waals surface area contributed by atoms with E-state index in [4.69, 9.17) is 9.73 Å². The highest BCUT2D eigenvalue weighted by Gasteiger charge is 2.35. The molecule has 1 aliphatic heterocycles. The van der Waals surface area contributed by atoms with Crippen LogP contribution in [0.2, 0.25) is 0 Å². The van der Waals surface area contributed by atoms with Crippen molar-refractivity contribution in [1.29, 1.82) is 0 Å². The molecule has 6 nitrogen and oxygen atoms in total. The van der Waals surface area contributed by atoms with Gasteiger partial charge in [0.1, 0.15) is 11.8 Å². The number of hydrogen-bond acceptors (Lipinski definition) is 5. The molecule has 170 valence electrons. The van der Waals surface area contributed by atoms with Gasteiger partial charge < -0.3 is 9.64 Å². The molecule has 1 unspecified atom stereocenters. The average molecular weight is 462 g/mol. The number of para-hydroxylation sites is 1. The largest absolute Gasteiger partial charge is 0.496 e. The van der Waals surface area contributed by atoms with Crippen molar-refractivity contribution in [2.75, 3.05) is 20.2 Å². The van der Waals surface area contributed by atoms with E-state index in [0.29, 0.717) is 39.4 Å². The normalized spacial score (nSPS) is 15.8. The quantitative estimate of drug-likeness (QED) is 0.567. The zero-order valence-electron chi connectivity index (χ0n) is 19.2. The summed E-state index contributed by atoms with van der Waals surface area (Å²) in [6, 6.07) is 16.6. The van der Waals surface area contributed by atoms with Gasteiger partial charge in [-0.2, -0.15) is 0 Å². The smallest absolute Gasteiger partial charge is 0.271 e. The van der Waals surface area contributed by atoms with Gasteiger partial charge in [0.2, 0.25) is 0 Å². The first-order valence-corrected chi connectivity index (χ1v) is 11.8. The predicted molar refractivity (Wildman–Crippen MR) is 131 cm³/mol. The molecule has 0 spiro atoms. The van der Waals surface area contributed by atoms with Crippen molar-refractivity contribution in [1.82, 2.24) is 9.47 Å². The summed E-state index contributed by atoms with van der Waals surface area (Å²) in [4.78, 5) is 34.3. The Morgan fingerprint density at radius 2 is 1.79 bits per heavy atom. The molecule has 3 aromatic rings. The number of allylic oxidation sites excluding steroid dienone is 1. The first kappa shape index (κ1) is 22.7. The molecule has 7 heteroatoms. The maximum absolute atomic E-state index is 13.7. The number of methoxy groups -OCH3 is 1. The Bertz CT molecular complexity index is 1380. The van der Waals surface area contributed by atoms with Crippen molar-refractivity contribution in [2.45, 2.75) is 26.8 Å². The molecule has 0 fully saturated rings. The number of thiazole rings is 1. The van der Waals surface area contributed by atoms with Crippen LogP contribution in [-0.4, -0.2) is 35.6 Å². The predicted octanol–water partition coefficient (Wildman–Crippen LogP) is 3.11. The third-order valence-corrected chi connectivity index (χ3v) is 6.82. The SMILES string of the molecule is CCN(CC)C(=O)C1=C(C)N=c2s/c(=C\c3ccccc3)c(=O)n2C1c1ccccc1OC. The minimum absolute atomic E-state index is 0.116. The fraction of sp³-hybridized carbons (Fsp3) is 0.269. The first-order chi connectivity index (χ1) is 16.0. The summed E-state index contributed by atoms with van der Waals surface area (Å²) in [7, 11) is 1.60. The fourth-order valence-corrected chi connectivity index (χ4v) is 5.21. The number of nitrogens with zero attached hydrogens (tertiary/aromatic N) is 3. The molecule has 0 N–H and O–H groups in total. The number of carbonyl (C=O) groups is 1. The van der Waals surface area contributed by atoms with E-state index in [-0.39, 0.29) is 11.5 Å². The summed E-state index contributed by atoms with van der Waals surface area (Å²) in [6.07, 6.45) is 1.87. The summed E-state index contributed by atoms with van der Waals surface area (Å²) in [5, 5.41) is 0. The molecule has 2 heterocycles. The second kappa shape index (κ2) is 9.58. The summed E-state index contributed by atoms with van der Waals surface area (Å²) in [5.74, 6) is 0.509. The van der Waals surface area contributed by atoms with Gasteiger partial charge in [0.15, 0.2) is 4.80 Å². The van der Waals surface area contributed by atoms with E-state index in [1.807, 2.05) is 81.4 Å². The van der Waals surface area contributed by atoms with Crippen LogP contribution < -0.4 is 19.6 Å². The van der Waals surface area contributed by atoms with Gasteiger partial charge >= 0.3 is 0 Å². The molecule has 1 amide bonds. The van der Waals surface area contributed by atoms with Gasteiger partial charge in [-0.15, -0.1) is 0 Å². The Labute approximate surface area is 196 Å². The monoisotopic (exact) mass is 461 g/mol. The Kier molecular flexibility index (Phi) is 6.60. The van der Waals surface area contributed by atoms with Crippen molar-refractivity contribution in [3.63, 3.8) is 0 Å². The van der Waals surface area contributed by atoms with Crippen LogP contribution in [0.1, 0.15) is 37.9 Å². The molecular formula is C26H27N3O3S. The number of benzene rings is 2. The maximum Gasteiger partial charge on any atom is 0.271 e. The van der Waals surface area contributed by atoms with Gasteiger partial charge in [0.25, 0.3) is 11.5 Å². The molecule has 0 bridgehead atoms. The molecule has 4 rings (SSSR count). The van der Waals surface area contributed by atoms with E-state index in [1.165, 1.54) is 11.3 Å². The summed E-state index contributed by atoms with van der Waals surface area (Å²) < 4.78 is 7.85. The van der Waals surface area contributed by atoms with E-state index in [2.05, 4.69) is 0 Å². The second-order valence-corrected chi connectivity index (χ2v) is 8.72. The van der Waals surface area contributed by atoms with Gasteiger partial charge in [-0.25, -0.2) is 4.99 Å². The first-order valence-electron chi connectivity index (χ1n) is 11.0. The third kappa shape index (κ3) is 4.16. The molecule has 0 saturated carbocycles. The second-order valence-electron chi connectivity index (χ2n) is 7.71. The minimum atomic E-state index is -0.622. The number of hydrogen-bond donors (Lipinski definition) is 0. The zero-order valence-corrected chi connectivity index (χ0v) is 20.1. The number of amides is 1. The summed E-state index contributed by atoms with van der Waals surface area (Å²) in [6.45, 7) is 6.88. The van der Waals surface area contributed by atoms with Crippen molar-refractivity contribution in [3.05, 3.63) is 96.7 Å². The van der Waals surface area contributed by atoms with Crippen LogP contribution >= 0.6 is 11.3 Å². The topological polar surface area (TPSA) is 63.9 Å². The molecule has 1 atom stereocenters. The van der Waals surface area contributed by atoms with Crippen LogP contribution in [0.3, 0.4) is 0 Å². The van der Waals surface area contributed by atoms with Gasteiger partial charge in [0.05, 0.1) is 22.9 Å². The van der Waals surface area contributed by atoms with Crippen LogP contribution in [-0.2, 0) is 4.79 Å². The lowest BCUT2D eigenvalue weighted by Crippen LogP contribution is -2.43. The lowest BCUT2D eigenvalue weighted by Gasteiger charge is -2.29. The zero-order chi connectivity index (χ0) is 23.5. The minimum Gasteiger partial charge on any atom is -0.496 e. The molecule has 0 saturated heterocycles. The summed E-state index contributed by atoms with van der Waals surface area (Å²) >= 11 is 1.33. The van der Waals surface area contributed by atoms with E-state index in [9.17, 15) is 9.59 Å². The Morgan fingerprint density at radius 1 is 1.12 bits per heavy atom. The molecule has 0 aliphatic carbocycles. The van der Waals surface area contributed by atoms with Crippen molar-refractivity contribution in [2.24, 2.45) is 4.99 Å². The van der Waals surface area contributed by atoms with E-state index >= 15 is 0 Å². The fourth-order valence-electron chi connectivity index (χ4n) is 4.16. The molecular weight excluding hydrogens is 434 g/mol. The number of rotatable bonds is 6. The molecule has 0 radical (unpaired) electrons. The molecule has 1 aromatic heterocycles. The molecule has 1 aliphatic rings. The molecule has 2 aromatic carbocycles. The van der Waals surface area contributed by atoms with Gasteiger partial charge in [-0.05, 0) is 38.5 Å². The average Bonchev–Trinajstić information content (AvgIpc) is 3.13. The van der Waals surface area contributed by atoms with Gasteiger partial charge in [0, 0.05) is 18.7 Å². The van der Waals surface area contributed by atoms with Crippen LogP contribution in [0.25, 0.3) is 6.08 Å². The van der Waals surface area contributed by atoms with E-state index in [0.717, 1.165) is 11.1 Å². The lowest BCUT2D eigenvalue weighted by molar-refractivity contribution is -0.127. The Morgan fingerprint density at radius 3 is 2.45 bits per heavy atom. The summed E-state index contributed by atoms with van der Waals surface area (Å²) in [5.41, 5.74) is 2.65. The Balaban J connectivity index is 2.00. The Hall–Kier alpha value is -3.45. The highest BCUT2D eigenvalue weighted by molar-refractivity contribution is 7.07. The highest BCUT2D eigenvalue weighted by Crippen LogP contribution is 2.35. The standard InChI is InChI=1S/C26H27N3O3S/c1-5-28(6-2)25(31)22-17(3)27-26-29(23(22)19-14-10-11-15-20(19)32-4)24(30)21(33-26)16-18-12-8-7-9-13-18/h7-16,23H,5-6H2,1-4H3/b21-16-. The van der Waals surface area contributed by atoms with Gasteiger partial charge in [-0.3, -0.25) is 14.2 Å². The van der Waals surface area contributed by atoms with E-state index < -0.39 is 6.04 Å². The van der Waals surface area contributed by atoms with Crippen molar-refractivity contribution >= 4 is 23.3 Å². The highest BCUT2D eigenvalue weighted by atomic mass is 32.1. The maximum atomic E-state index is 13.7. The van der Waals surface area contributed by atoms with Crippen LogP contribution in [0.5, 0.6) is 5.75 Å². The van der Waals surface area contributed by atoms with Crippen LogP contribution in [0, 0.1) is 0 Å². The number of ether oxygens (including phenoxy) is 1. The number of aromatic nitrogens is 1. The van der Waals surface area contributed by atoms with Crippen LogP contribution in [0.4, 0.5) is 0 Å².